The molecule has 36 heavy (non-hydrogen) atoms. The summed E-state index contributed by atoms with van der Waals surface area (Å²) in [4.78, 5) is 23.1. The maximum Gasteiger partial charge on any atom is 0.222 e. The summed E-state index contributed by atoms with van der Waals surface area (Å²) in [5.74, 6) is 2.11. The monoisotopic (exact) mass is 489 g/mol. The summed E-state index contributed by atoms with van der Waals surface area (Å²) in [5.41, 5.74) is 4.08. The van der Waals surface area contributed by atoms with Gasteiger partial charge in [0.25, 0.3) is 0 Å². The number of likely N-dealkylation sites (tertiary alicyclic amines) is 1. The van der Waals surface area contributed by atoms with E-state index >= 15 is 0 Å². The molecule has 3 aromatic rings. The fraction of sp³-hybridized carbons (Fsp3) is 0.556. The smallest absolute Gasteiger partial charge is 0.222 e. The lowest BCUT2D eigenvalue weighted by Gasteiger charge is -2.31. The van der Waals surface area contributed by atoms with Gasteiger partial charge in [-0.25, -0.2) is 15.0 Å². The number of benzene rings is 1. The van der Waals surface area contributed by atoms with E-state index in [2.05, 4.69) is 54.2 Å². The molecule has 0 spiro atoms. The number of anilines is 2. The van der Waals surface area contributed by atoms with Crippen LogP contribution in [0.25, 0.3) is 11.0 Å². The zero-order valence-electron chi connectivity index (χ0n) is 21.0. The van der Waals surface area contributed by atoms with Crippen molar-refractivity contribution in [3.05, 3.63) is 42.5 Å². The summed E-state index contributed by atoms with van der Waals surface area (Å²) in [6.45, 7) is 5.49. The van der Waals surface area contributed by atoms with Crippen molar-refractivity contribution < 1.29 is 9.47 Å². The molecule has 2 aromatic heterocycles. The van der Waals surface area contributed by atoms with Crippen LogP contribution in [0, 0.1) is 0 Å². The lowest BCUT2D eigenvalue weighted by atomic mass is 9.93. The number of nitrogens with zero attached hydrogens (tertiary/aromatic N) is 6. The molecule has 9 heteroatoms. The predicted octanol–water partition coefficient (Wildman–Crippen LogP) is 3.48. The molecule has 0 amide bonds. The first-order valence-electron chi connectivity index (χ1n) is 13.2. The normalized spacial score (nSPS) is 25.2. The Kier molecular flexibility index (Phi) is 6.83. The van der Waals surface area contributed by atoms with Crippen LogP contribution in [0.4, 0.5) is 11.6 Å². The first kappa shape index (κ1) is 23.4. The van der Waals surface area contributed by atoms with Crippen molar-refractivity contribution in [2.24, 2.45) is 0 Å². The van der Waals surface area contributed by atoms with E-state index in [1.807, 2.05) is 12.4 Å². The molecule has 4 heterocycles. The molecule has 1 saturated carbocycles. The van der Waals surface area contributed by atoms with Crippen LogP contribution in [0.15, 0.2) is 36.9 Å². The van der Waals surface area contributed by atoms with Crippen LogP contribution in [-0.4, -0.2) is 83.4 Å². The van der Waals surface area contributed by atoms with Gasteiger partial charge >= 0.3 is 0 Å². The molecule has 0 bridgehead atoms. The highest BCUT2D eigenvalue weighted by molar-refractivity contribution is 5.85. The molecule has 1 unspecified atom stereocenters. The molecule has 1 aliphatic carbocycles. The highest BCUT2D eigenvalue weighted by Gasteiger charge is 2.25. The minimum absolute atomic E-state index is 0.163. The van der Waals surface area contributed by atoms with Gasteiger partial charge in [-0.2, -0.15) is 0 Å². The molecule has 2 aliphatic heterocycles. The largest absolute Gasteiger partial charge is 0.488 e. The fourth-order valence-corrected chi connectivity index (χ4v) is 5.64. The summed E-state index contributed by atoms with van der Waals surface area (Å²) >= 11 is 0. The number of rotatable bonds is 6. The van der Waals surface area contributed by atoms with E-state index < -0.39 is 0 Å². The molecule has 1 aromatic carbocycles. The van der Waals surface area contributed by atoms with Crippen molar-refractivity contribution in [1.29, 1.82) is 0 Å². The van der Waals surface area contributed by atoms with Gasteiger partial charge in [-0.1, -0.05) is 0 Å². The average molecular weight is 490 g/mol. The lowest BCUT2D eigenvalue weighted by Crippen LogP contribution is -2.36. The van der Waals surface area contributed by atoms with E-state index in [0.29, 0.717) is 12.0 Å². The quantitative estimate of drug-likeness (QED) is 0.559. The van der Waals surface area contributed by atoms with Crippen LogP contribution in [0.1, 0.15) is 43.6 Å². The summed E-state index contributed by atoms with van der Waals surface area (Å²) in [5, 5.41) is 3.54. The Morgan fingerprint density at radius 3 is 2.44 bits per heavy atom. The summed E-state index contributed by atoms with van der Waals surface area (Å²) < 4.78 is 12.1. The maximum atomic E-state index is 6.56. The van der Waals surface area contributed by atoms with Gasteiger partial charge in [0.1, 0.15) is 11.3 Å². The minimum Gasteiger partial charge on any atom is -0.488 e. The zero-order valence-corrected chi connectivity index (χ0v) is 21.0. The highest BCUT2D eigenvalue weighted by Crippen LogP contribution is 2.33. The van der Waals surface area contributed by atoms with Crippen LogP contribution in [-0.2, 0) is 4.74 Å². The van der Waals surface area contributed by atoms with E-state index in [4.69, 9.17) is 9.47 Å². The number of aromatic nitrogens is 4. The summed E-state index contributed by atoms with van der Waals surface area (Å²) in [6, 6.07) is 4.60. The van der Waals surface area contributed by atoms with Gasteiger partial charge in [0.05, 0.1) is 24.8 Å². The zero-order chi connectivity index (χ0) is 24.3. The van der Waals surface area contributed by atoms with Crippen molar-refractivity contribution in [3.8, 4) is 5.75 Å². The van der Waals surface area contributed by atoms with Crippen molar-refractivity contribution in [1.82, 2.24) is 24.8 Å². The molecule has 1 N–H and O–H groups in total. The second kappa shape index (κ2) is 10.5. The number of nitrogens with one attached hydrogen (secondary N) is 1. The SMILES string of the molecule is CN1CCC(c2cnc(N[C@H]3CC[C@@H](Oc4cc(N5CCOCC5)cc5nccnc45)CC3)nc2)C1. The topological polar surface area (TPSA) is 88.5 Å². The van der Waals surface area contributed by atoms with Gasteiger partial charge in [-0.05, 0) is 57.3 Å². The van der Waals surface area contributed by atoms with Crippen LogP contribution >= 0.6 is 0 Å². The Morgan fingerprint density at radius 2 is 1.69 bits per heavy atom. The number of likely N-dealkylation sites (N-methyl/N-ethyl adjacent to an activating group) is 1. The van der Waals surface area contributed by atoms with E-state index in [-0.39, 0.29) is 6.10 Å². The molecule has 0 radical (unpaired) electrons. The average Bonchev–Trinajstić information content (AvgIpc) is 3.37. The van der Waals surface area contributed by atoms with Gasteiger partial charge in [-0.15, -0.1) is 0 Å². The van der Waals surface area contributed by atoms with Crippen molar-refractivity contribution in [2.45, 2.75) is 50.2 Å². The maximum absolute atomic E-state index is 6.56. The van der Waals surface area contributed by atoms with E-state index in [0.717, 1.165) is 93.5 Å². The molecular formula is C27H35N7O2. The Morgan fingerprint density at radius 1 is 0.917 bits per heavy atom. The Hall–Kier alpha value is -3.04. The molecule has 3 fully saturated rings. The van der Waals surface area contributed by atoms with E-state index in [1.165, 1.54) is 12.0 Å². The van der Waals surface area contributed by atoms with Gasteiger partial charge in [0.2, 0.25) is 5.95 Å². The van der Waals surface area contributed by atoms with Crippen LogP contribution in [0.3, 0.4) is 0 Å². The van der Waals surface area contributed by atoms with Crippen LogP contribution in [0.2, 0.25) is 0 Å². The number of ether oxygens (including phenoxy) is 2. The Balaban J connectivity index is 1.07. The van der Waals surface area contributed by atoms with Gasteiger partial charge < -0.3 is 24.6 Å². The second-order valence-electron chi connectivity index (χ2n) is 10.3. The Bertz CT molecular complexity index is 1160. The molecule has 6 rings (SSSR count). The third-order valence-electron chi connectivity index (χ3n) is 7.74. The number of hydrogen-bond donors (Lipinski definition) is 1. The van der Waals surface area contributed by atoms with Crippen molar-refractivity contribution in [3.63, 3.8) is 0 Å². The van der Waals surface area contributed by atoms with Gasteiger partial charge in [-0.3, -0.25) is 4.98 Å². The van der Waals surface area contributed by atoms with Crippen molar-refractivity contribution in [2.75, 3.05) is 56.7 Å². The third-order valence-corrected chi connectivity index (χ3v) is 7.74. The van der Waals surface area contributed by atoms with E-state index in [1.54, 1.807) is 12.4 Å². The standard InChI is InChI=1S/C27H35N7O2/c1-33-9-6-19(18-33)20-16-30-27(31-17-20)32-21-2-4-23(5-3-21)36-25-15-22(34-10-12-35-13-11-34)14-24-26(25)29-8-7-28-24/h7-8,14-17,19,21,23H,2-6,9-13,18H2,1H3,(H,30,31,32)/t19?,21-,23+. The molecule has 1 atom stereocenters. The Labute approximate surface area is 212 Å². The first-order chi connectivity index (χ1) is 17.7. The van der Waals surface area contributed by atoms with Crippen LogP contribution < -0.4 is 15.0 Å². The minimum atomic E-state index is 0.163. The third kappa shape index (κ3) is 5.22. The molecule has 190 valence electrons. The summed E-state index contributed by atoms with van der Waals surface area (Å²) in [6.07, 6.45) is 12.8. The fourth-order valence-electron chi connectivity index (χ4n) is 5.64. The first-order valence-corrected chi connectivity index (χ1v) is 13.2. The van der Waals surface area contributed by atoms with Gasteiger partial charge in [0.15, 0.2) is 0 Å². The van der Waals surface area contributed by atoms with Crippen LogP contribution in [0.5, 0.6) is 5.75 Å². The number of morpholine rings is 1. The summed E-state index contributed by atoms with van der Waals surface area (Å²) in [7, 11) is 2.17. The number of fused-ring (bicyclic) bond motifs is 1. The highest BCUT2D eigenvalue weighted by atomic mass is 16.5. The molecule has 3 aliphatic rings. The van der Waals surface area contributed by atoms with E-state index in [9.17, 15) is 0 Å². The molecular weight excluding hydrogens is 454 g/mol. The molecule has 2 saturated heterocycles. The predicted molar refractivity (Wildman–Crippen MR) is 140 cm³/mol. The lowest BCUT2D eigenvalue weighted by molar-refractivity contribution is 0.122. The molecule has 9 nitrogen and oxygen atoms in total. The van der Waals surface area contributed by atoms with Crippen molar-refractivity contribution >= 4 is 22.7 Å². The second-order valence-corrected chi connectivity index (χ2v) is 10.3. The number of hydrogen-bond acceptors (Lipinski definition) is 9. The van der Waals surface area contributed by atoms with Gasteiger partial charge in [0, 0.05) is 68.1 Å².